The molecule has 24 nitrogen and oxygen atoms in total. The summed E-state index contributed by atoms with van der Waals surface area (Å²) in [7, 11) is -4.29. The van der Waals surface area contributed by atoms with Gasteiger partial charge in [0.2, 0.25) is 11.8 Å². The Kier molecular flexibility index (Phi) is 49.7. The van der Waals surface area contributed by atoms with Crippen molar-refractivity contribution >= 4 is 43.5 Å². The summed E-state index contributed by atoms with van der Waals surface area (Å²) in [5.74, 6) is -3.46. The number of carbonyl (C=O) groups is 6. The van der Waals surface area contributed by atoms with Gasteiger partial charge in [0.1, 0.15) is 49.2 Å². The number of phosphoric acid groups is 1. The Labute approximate surface area is 546 Å². The van der Waals surface area contributed by atoms with Gasteiger partial charge in [0.25, 0.3) is 0 Å². The Morgan fingerprint density at radius 1 is 0.505 bits per heavy atom. The molecule has 91 heavy (non-hydrogen) atoms. The molecule has 0 aromatic rings. The number of esters is 4. The first-order valence-corrected chi connectivity index (χ1v) is 36.1. The zero-order valence-corrected chi connectivity index (χ0v) is 59.2. The van der Waals surface area contributed by atoms with Crippen molar-refractivity contribution in [3.05, 3.63) is 0 Å². The molecule has 1 saturated heterocycles. The van der Waals surface area contributed by atoms with Gasteiger partial charge in [-0.15, -0.1) is 0 Å². The molecule has 1 aliphatic rings. The quantitative estimate of drug-likeness (QED) is 0.0188. The third-order valence-corrected chi connectivity index (χ3v) is 16.5. The molecule has 0 radical (unpaired) electrons. The molecule has 4 unspecified atom stereocenters. The highest BCUT2D eigenvalue weighted by Gasteiger charge is 2.51. The molecule has 25 heteroatoms. The first-order chi connectivity index (χ1) is 43.8. The molecule has 1 heterocycles. The Balaban J connectivity index is 4.44. The Morgan fingerprint density at radius 2 is 1.01 bits per heavy atom. The summed E-state index contributed by atoms with van der Waals surface area (Å²) in [4.78, 5) is 82.2. The first kappa shape index (κ1) is 85.6. The Morgan fingerprint density at radius 3 is 1.55 bits per heavy atom. The predicted molar refractivity (Wildman–Crippen MR) is 344 cm³/mol. The number of rotatable bonds is 58. The van der Waals surface area contributed by atoms with Crippen LogP contribution in [-0.4, -0.2) is 181 Å². The van der Waals surface area contributed by atoms with E-state index in [-0.39, 0.29) is 78.0 Å². The highest BCUT2D eigenvalue weighted by Crippen LogP contribution is 2.51. The first-order valence-electron chi connectivity index (χ1n) is 34.7. The van der Waals surface area contributed by atoms with E-state index in [4.69, 9.17) is 70.4 Å². The predicted octanol–water partition coefficient (Wildman–Crippen LogP) is 11.7. The fourth-order valence-electron chi connectivity index (χ4n) is 9.06. The minimum absolute atomic E-state index is 0.00860. The summed E-state index contributed by atoms with van der Waals surface area (Å²) in [6, 6.07) is -2.54. The molecule has 1 rings (SSSR count). The average Bonchev–Trinajstić information content (AvgIpc) is 0.917. The van der Waals surface area contributed by atoms with Crippen LogP contribution in [0.5, 0.6) is 0 Å². The lowest BCUT2D eigenvalue weighted by molar-refractivity contribution is -0.297. The number of phosphoric ester groups is 1. The molecule has 13 atom stereocenters. The molecule has 0 bridgehead atoms. The van der Waals surface area contributed by atoms with Crippen molar-refractivity contribution in [3.8, 4) is 0 Å². The number of carbonyl (C=O) groups excluding carboxylic acids is 6. The molecule has 0 aromatic carbocycles. The van der Waals surface area contributed by atoms with E-state index >= 15 is 0 Å². The van der Waals surface area contributed by atoms with Crippen LogP contribution >= 0.6 is 7.82 Å². The van der Waals surface area contributed by atoms with Crippen molar-refractivity contribution < 1.29 is 104 Å². The molecule has 2 amide bonds. The van der Waals surface area contributed by atoms with Crippen molar-refractivity contribution in [2.24, 2.45) is 0 Å². The molecule has 534 valence electrons. The number of unbranched alkanes of at least 4 members (excludes halogenated alkanes) is 6. The van der Waals surface area contributed by atoms with Gasteiger partial charge in [0, 0.05) is 45.9 Å². The molecule has 0 spiro atoms. The largest absolute Gasteiger partial charge is 0.475 e. The van der Waals surface area contributed by atoms with E-state index in [9.17, 15) is 33.3 Å². The average molecular weight is 1330 g/mol. The minimum atomic E-state index is -4.29. The Hall–Kier alpha value is -3.39. The highest BCUT2D eigenvalue weighted by molar-refractivity contribution is 7.48. The van der Waals surface area contributed by atoms with Crippen LogP contribution in [0.15, 0.2) is 0 Å². The lowest BCUT2D eigenvalue weighted by atomic mass is 9.95. The number of hydrogen-bond acceptors (Lipinski definition) is 22. The van der Waals surface area contributed by atoms with Gasteiger partial charge in [-0.3, -0.25) is 42.3 Å². The van der Waals surface area contributed by atoms with Crippen molar-refractivity contribution in [1.29, 1.82) is 0 Å². The third kappa shape index (κ3) is 37.5. The zero-order valence-electron chi connectivity index (χ0n) is 58.3. The van der Waals surface area contributed by atoms with Crippen LogP contribution in [0.25, 0.3) is 0 Å². The van der Waals surface area contributed by atoms with Crippen LogP contribution in [0.2, 0.25) is 0 Å². The van der Waals surface area contributed by atoms with Crippen molar-refractivity contribution in [2.75, 3.05) is 66.1 Å². The molecular weight excluding hydrogens is 1200 g/mol. The molecule has 2 N–H and O–H groups in total. The standard InChI is InChI=1S/C66H123N2O22P/c1-15-28-35-76-46-54(48(14)90-91(75,83-39-32-19-5)84-40-33-20-6)87-65(53(67-56(69)42-51(24-10)85-58(71)26-12)45-81-60(73)44-52(25-11)86-59(72)27-13)82-47-55-63(79-38-31-18-4)64(89-61(74)43-50(23-9)78-37-30-17-3)62(66(88-55)80-34-21-7)68-57(70)41-49(22-8)77-36-29-16-2/h48-55,62-66H,15-47H2,1-14H3,(H,67,69)(H,68,70)/t48-,49+,50+,51+,52+,53-,54?,55?,62?,63+,64?,65+,66-/m0/s1. The molecule has 0 saturated carbocycles. The number of hydrogen-bond donors (Lipinski definition) is 2. The number of ether oxygens (including phenoxy) is 12. The maximum Gasteiger partial charge on any atom is 0.475 e. The summed E-state index contributed by atoms with van der Waals surface area (Å²) in [5, 5.41) is 6.04. The van der Waals surface area contributed by atoms with Crippen LogP contribution in [0, 0.1) is 0 Å². The monoisotopic (exact) mass is 1330 g/mol. The SMILES string of the molecule is CCCCOCC(O[C@@H](OCC1O[C@H](OCCC)C(NC(=O)C[C@@H](CC)OCCCC)C(OC(=O)C[C@@H](CC)OCCCC)[C@@H]1OCCCC)[C@H](COC(=O)C[C@@H](CC)OC(=O)CC)NC(=O)C[C@@H](CC)OC(=O)CC)[C@H](C)OP(=O)(OCCCC)OCCCC. The fraction of sp³-hybridized carbons (Fsp3) is 0.909. The summed E-state index contributed by atoms with van der Waals surface area (Å²) in [6.45, 7) is 26.7. The lowest BCUT2D eigenvalue weighted by Gasteiger charge is -2.46. The second kappa shape index (κ2) is 52.8. The molecule has 1 fully saturated rings. The van der Waals surface area contributed by atoms with Crippen LogP contribution in [0.4, 0.5) is 0 Å². The third-order valence-electron chi connectivity index (χ3n) is 14.9. The fourth-order valence-corrected chi connectivity index (χ4v) is 10.5. The summed E-state index contributed by atoms with van der Waals surface area (Å²) < 4.78 is 109. The maximum absolute atomic E-state index is 14.6. The van der Waals surface area contributed by atoms with Gasteiger partial charge < -0.3 is 67.5 Å². The summed E-state index contributed by atoms with van der Waals surface area (Å²) in [5.41, 5.74) is 0. The van der Waals surface area contributed by atoms with Gasteiger partial charge in [-0.05, 0) is 77.6 Å². The van der Waals surface area contributed by atoms with Gasteiger partial charge in [-0.1, -0.05) is 129 Å². The van der Waals surface area contributed by atoms with Crippen molar-refractivity contribution in [1.82, 2.24) is 10.6 Å². The van der Waals surface area contributed by atoms with Crippen LogP contribution in [0.3, 0.4) is 0 Å². The van der Waals surface area contributed by atoms with Gasteiger partial charge in [0.15, 0.2) is 18.7 Å². The molecular formula is C66H123N2O22P. The van der Waals surface area contributed by atoms with Gasteiger partial charge in [0.05, 0.1) is 70.4 Å². The Bertz CT molecular complexity index is 1960. The highest BCUT2D eigenvalue weighted by atomic mass is 31.2. The van der Waals surface area contributed by atoms with Gasteiger partial charge in [-0.25, -0.2) is 4.57 Å². The molecule has 0 aliphatic carbocycles. The number of nitrogens with one attached hydrogen (secondary N) is 2. The maximum atomic E-state index is 14.6. The molecule has 0 aromatic heterocycles. The summed E-state index contributed by atoms with van der Waals surface area (Å²) in [6.07, 6.45) is -1.07. The van der Waals surface area contributed by atoms with E-state index in [1.54, 1.807) is 34.6 Å². The van der Waals surface area contributed by atoms with E-state index in [1.165, 1.54) is 0 Å². The second-order valence-corrected chi connectivity index (χ2v) is 24.6. The summed E-state index contributed by atoms with van der Waals surface area (Å²) >= 11 is 0. The van der Waals surface area contributed by atoms with E-state index in [1.807, 2.05) is 48.5 Å². The van der Waals surface area contributed by atoms with E-state index in [2.05, 4.69) is 24.5 Å². The topological polar surface area (TPSA) is 282 Å². The smallest absolute Gasteiger partial charge is 0.463 e. The van der Waals surface area contributed by atoms with E-state index in [0.29, 0.717) is 71.2 Å². The van der Waals surface area contributed by atoms with E-state index < -0.39 is 136 Å². The lowest BCUT2D eigenvalue weighted by Crippen LogP contribution is -2.67. The van der Waals surface area contributed by atoms with E-state index in [0.717, 1.165) is 51.4 Å². The van der Waals surface area contributed by atoms with Gasteiger partial charge >= 0.3 is 31.7 Å². The van der Waals surface area contributed by atoms with Crippen LogP contribution in [-0.2, 0) is 104 Å². The number of amides is 2. The van der Waals surface area contributed by atoms with Crippen molar-refractivity contribution in [2.45, 2.75) is 324 Å². The van der Waals surface area contributed by atoms with Crippen LogP contribution in [0.1, 0.15) is 245 Å². The minimum Gasteiger partial charge on any atom is -0.463 e. The molecule has 1 aliphatic heterocycles. The normalized spacial score (nSPS) is 19.5. The van der Waals surface area contributed by atoms with Gasteiger partial charge in [-0.2, -0.15) is 0 Å². The second-order valence-electron chi connectivity index (χ2n) is 23.0. The zero-order chi connectivity index (χ0) is 67.8. The van der Waals surface area contributed by atoms with Crippen molar-refractivity contribution in [3.63, 3.8) is 0 Å². The van der Waals surface area contributed by atoms with Crippen LogP contribution < -0.4 is 10.6 Å².